The maximum Gasteiger partial charge on any atom is 0.119 e. The van der Waals surface area contributed by atoms with Gasteiger partial charge >= 0.3 is 0 Å². The van der Waals surface area contributed by atoms with E-state index in [9.17, 15) is 0 Å². The van der Waals surface area contributed by atoms with E-state index >= 15 is 0 Å². The van der Waals surface area contributed by atoms with Gasteiger partial charge in [-0.3, -0.25) is 0 Å². The number of hydrogen-bond donors (Lipinski definition) is 1. The van der Waals surface area contributed by atoms with Crippen molar-refractivity contribution in [2.24, 2.45) is 5.92 Å². The minimum atomic E-state index is 0. The lowest BCUT2D eigenvalue weighted by Gasteiger charge is -2.24. The van der Waals surface area contributed by atoms with Crippen molar-refractivity contribution in [3.8, 4) is 5.75 Å². The van der Waals surface area contributed by atoms with Gasteiger partial charge < -0.3 is 10.1 Å². The molecule has 0 bridgehead atoms. The average molecular weight is 312 g/mol. The highest BCUT2D eigenvalue weighted by Gasteiger charge is 2.17. The van der Waals surface area contributed by atoms with E-state index in [1.165, 1.54) is 24.9 Å². The van der Waals surface area contributed by atoms with Crippen LogP contribution in [0.25, 0.3) is 0 Å². The third-order valence-electron chi connectivity index (χ3n) is 4.71. The molecule has 120 valence electrons. The summed E-state index contributed by atoms with van der Waals surface area (Å²) in [6, 6.07) is 8.65. The van der Waals surface area contributed by atoms with E-state index < -0.39 is 0 Å². The minimum absolute atomic E-state index is 0. The van der Waals surface area contributed by atoms with Crippen LogP contribution in [0.3, 0.4) is 0 Å². The van der Waals surface area contributed by atoms with Crippen LogP contribution >= 0.6 is 12.4 Å². The van der Waals surface area contributed by atoms with Crippen molar-refractivity contribution in [1.29, 1.82) is 0 Å². The van der Waals surface area contributed by atoms with Crippen molar-refractivity contribution in [1.82, 2.24) is 5.32 Å². The van der Waals surface area contributed by atoms with Gasteiger partial charge in [0.05, 0.1) is 6.61 Å². The second kappa shape index (κ2) is 8.65. The van der Waals surface area contributed by atoms with Gasteiger partial charge in [0, 0.05) is 0 Å². The Labute approximate surface area is 136 Å². The number of hydrogen-bond acceptors (Lipinski definition) is 2. The van der Waals surface area contributed by atoms with Gasteiger partial charge in [0.25, 0.3) is 0 Å². The number of nitrogens with one attached hydrogen (secondary N) is 1. The summed E-state index contributed by atoms with van der Waals surface area (Å²) in [6.45, 7) is 10.0. The molecule has 1 aliphatic heterocycles. The SMILES string of the molecule is CCC(C)(C)c1ccc(OCCC2CCCNC2)cc1.Cl. The lowest BCUT2D eigenvalue weighted by Crippen LogP contribution is -2.30. The molecule has 21 heavy (non-hydrogen) atoms. The number of rotatable bonds is 6. The summed E-state index contributed by atoms with van der Waals surface area (Å²) < 4.78 is 5.88. The largest absolute Gasteiger partial charge is 0.494 e. The highest BCUT2D eigenvalue weighted by molar-refractivity contribution is 5.85. The number of piperidine rings is 1. The predicted octanol–water partition coefficient (Wildman–Crippen LogP) is 4.56. The zero-order valence-corrected chi connectivity index (χ0v) is 14.5. The van der Waals surface area contributed by atoms with Gasteiger partial charge in [0.2, 0.25) is 0 Å². The molecule has 2 nitrogen and oxygen atoms in total. The van der Waals surface area contributed by atoms with Gasteiger partial charge in [-0.1, -0.05) is 32.9 Å². The Balaban J connectivity index is 0.00000220. The lowest BCUT2D eigenvalue weighted by molar-refractivity contribution is 0.254. The maximum absolute atomic E-state index is 5.88. The molecule has 0 radical (unpaired) electrons. The molecule has 0 saturated carbocycles. The maximum atomic E-state index is 5.88. The normalized spacial score (nSPS) is 18.9. The summed E-state index contributed by atoms with van der Waals surface area (Å²) in [6.07, 6.45) is 4.97. The third-order valence-corrected chi connectivity index (χ3v) is 4.71. The van der Waals surface area contributed by atoms with Crippen LogP contribution in [0.15, 0.2) is 24.3 Å². The molecule has 1 N–H and O–H groups in total. The minimum Gasteiger partial charge on any atom is -0.494 e. The standard InChI is InChI=1S/C18H29NO.ClH/c1-4-18(2,3)16-7-9-17(10-8-16)20-13-11-15-6-5-12-19-14-15;/h7-10,15,19H,4-6,11-14H2,1-3H3;1H. The smallest absolute Gasteiger partial charge is 0.119 e. The topological polar surface area (TPSA) is 21.3 Å². The first kappa shape index (κ1) is 18.3. The first-order valence-electron chi connectivity index (χ1n) is 8.06. The van der Waals surface area contributed by atoms with Gasteiger partial charge in [-0.05, 0) is 67.8 Å². The summed E-state index contributed by atoms with van der Waals surface area (Å²) in [5.74, 6) is 1.80. The average Bonchev–Trinajstić information content (AvgIpc) is 2.49. The zero-order chi connectivity index (χ0) is 14.4. The van der Waals surface area contributed by atoms with Crippen molar-refractivity contribution in [2.75, 3.05) is 19.7 Å². The molecule has 1 aromatic carbocycles. The fourth-order valence-electron chi connectivity index (χ4n) is 2.72. The molecular weight excluding hydrogens is 282 g/mol. The monoisotopic (exact) mass is 311 g/mol. The van der Waals surface area contributed by atoms with Crippen LogP contribution in [0.5, 0.6) is 5.75 Å². The molecule has 1 saturated heterocycles. The molecule has 1 aromatic rings. The molecule has 0 spiro atoms. The van der Waals surface area contributed by atoms with E-state index in [1.54, 1.807) is 0 Å². The Bertz CT molecular complexity index is 396. The second-order valence-corrected chi connectivity index (χ2v) is 6.61. The van der Waals surface area contributed by atoms with E-state index in [4.69, 9.17) is 4.74 Å². The Morgan fingerprint density at radius 1 is 1.24 bits per heavy atom. The summed E-state index contributed by atoms with van der Waals surface area (Å²) >= 11 is 0. The third kappa shape index (κ3) is 5.52. The summed E-state index contributed by atoms with van der Waals surface area (Å²) in [7, 11) is 0. The van der Waals surface area contributed by atoms with E-state index in [0.717, 1.165) is 37.7 Å². The molecule has 1 atom stereocenters. The van der Waals surface area contributed by atoms with Gasteiger partial charge in [-0.15, -0.1) is 12.4 Å². The zero-order valence-electron chi connectivity index (χ0n) is 13.7. The van der Waals surface area contributed by atoms with Crippen LogP contribution in [-0.2, 0) is 5.41 Å². The van der Waals surface area contributed by atoms with Crippen LogP contribution < -0.4 is 10.1 Å². The number of benzene rings is 1. The quantitative estimate of drug-likeness (QED) is 0.831. The molecule has 0 amide bonds. The molecule has 1 heterocycles. The van der Waals surface area contributed by atoms with Crippen molar-refractivity contribution in [2.45, 2.75) is 51.9 Å². The highest BCUT2D eigenvalue weighted by Crippen LogP contribution is 2.28. The van der Waals surface area contributed by atoms with Crippen LogP contribution in [0.1, 0.15) is 52.0 Å². The van der Waals surface area contributed by atoms with Crippen molar-refractivity contribution >= 4 is 12.4 Å². The van der Waals surface area contributed by atoms with Crippen LogP contribution in [0.2, 0.25) is 0 Å². The first-order valence-corrected chi connectivity index (χ1v) is 8.06. The Morgan fingerprint density at radius 3 is 2.52 bits per heavy atom. The fourth-order valence-corrected chi connectivity index (χ4v) is 2.72. The second-order valence-electron chi connectivity index (χ2n) is 6.61. The molecule has 2 rings (SSSR count). The molecule has 1 unspecified atom stereocenters. The van der Waals surface area contributed by atoms with Crippen LogP contribution in [-0.4, -0.2) is 19.7 Å². The number of ether oxygens (including phenoxy) is 1. The van der Waals surface area contributed by atoms with Crippen LogP contribution in [0, 0.1) is 5.92 Å². The predicted molar refractivity (Wildman–Crippen MR) is 92.7 cm³/mol. The first-order chi connectivity index (χ1) is 9.62. The van der Waals surface area contributed by atoms with Gasteiger partial charge in [-0.25, -0.2) is 0 Å². The molecular formula is C18H30ClNO. The summed E-state index contributed by atoms with van der Waals surface area (Å²) in [5, 5.41) is 3.46. The van der Waals surface area contributed by atoms with Gasteiger partial charge in [0.15, 0.2) is 0 Å². The van der Waals surface area contributed by atoms with E-state index in [0.29, 0.717) is 0 Å². The number of halogens is 1. The van der Waals surface area contributed by atoms with E-state index in [2.05, 4.69) is 50.4 Å². The molecule has 3 heteroatoms. The molecule has 1 fully saturated rings. The Hall–Kier alpha value is -0.730. The van der Waals surface area contributed by atoms with Gasteiger partial charge in [0.1, 0.15) is 5.75 Å². The van der Waals surface area contributed by atoms with E-state index in [-0.39, 0.29) is 17.8 Å². The Morgan fingerprint density at radius 2 is 1.95 bits per heavy atom. The summed E-state index contributed by atoms with van der Waals surface area (Å²) in [5.41, 5.74) is 1.65. The van der Waals surface area contributed by atoms with E-state index in [1.807, 2.05) is 0 Å². The molecule has 0 aromatic heterocycles. The fraction of sp³-hybridized carbons (Fsp3) is 0.667. The molecule has 0 aliphatic carbocycles. The van der Waals surface area contributed by atoms with Gasteiger partial charge in [-0.2, -0.15) is 0 Å². The highest BCUT2D eigenvalue weighted by atomic mass is 35.5. The van der Waals surface area contributed by atoms with Crippen LogP contribution in [0.4, 0.5) is 0 Å². The van der Waals surface area contributed by atoms with Crippen molar-refractivity contribution in [3.05, 3.63) is 29.8 Å². The Kier molecular flexibility index (Phi) is 7.55. The van der Waals surface area contributed by atoms with Crippen molar-refractivity contribution in [3.63, 3.8) is 0 Å². The summed E-state index contributed by atoms with van der Waals surface area (Å²) in [4.78, 5) is 0. The molecule has 1 aliphatic rings. The lowest BCUT2D eigenvalue weighted by atomic mass is 9.82. The van der Waals surface area contributed by atoms with Crippen molar-refractivity contribution < 1.29 is 4.74 Å².